The average molecular weight is 413 g/mol. The largest absolute Gasteiger partial charge is 0.481 e. The number of amides is 1. The van der Waals surface area contributed by atoms with Crippen molar-refractivity contribution >= 4 is 35.2 Å². The maximum atomic E-state index is 12.4. The second-order valence-electron chi connectivity index (χ2n) is 7.35. The van der Waals surface area contributed by atoms with E-state index in [1.807, 2.05) is 30.3 Å². The molecule has 0 saturated carbocycles. The third-order valence-corrected chi connectivity index (χ3v) is 5.46. The van der Waals surface area contributed by atoms with E-state index in [-0.39, 0.29) is 11.8 Å². The van der Waals surface area contributed by atoms with Gasteiger partial charge in [0.2, 0.25) is 5.91 Å². The molecule has 1 heterocycles. The van der Waals surface area contributed by atoms with Crippen LogP contribution in [0.1, 0.15) is 24.0 Å². The summed E-state index contributed by atoms with van der Waals surface area (Å²) in [5.41, 5.74) is 3.03. The van der Waals surface area contributed by atoms with E-state index in [4.69, 9.17) is 16.7 Å². The number of carboxylic acids is 1. The summed E-state index contributed by atoms with van der Waals surface area (Å²) in [6.07, 6.45) is 4.66. The second kappa shape index (κ2) is 9.61. The van der Waals surface area contributed by atoms with E-state index in [1.165, 1.54) is 0 Å². The summed E-state index contributed by atoms with van der Waals surface area (Å²) in [6, 6.07) is 15.4. The van der Waals surface area contributed by atoms with E-state index in [0.717, 1.165) is 29.9 Å². The fourth-order valence-corrected chi connectivity index (χ4v) is 3.58. The SMILES string of the molecule is CN(Cc1cccc(N2CCC(C(=O)O)CC2)c1)C(=O)/C=C/c1ccc(Cl)cc1. The zero-order chi connectivity index (χ0) is 20.8. The van der Waals surface area contributed by atoms with Crippen LogP contribution in [0.2, 0.25) is 5.02 Å². The molecule has 1 saturated heterocycles. The van der Waals surface area contributed by atoms with Crippen molar-refractivity contribution in [2.75, 3.05) is 25.0 Å². The molecule has 1 N–H and O–H groups in total. The van der Waals surface area contributed by atoms with Gasteiger partial charge in [-0.15, -0.1) is 0 Å². The maximum absolute atomic E-state index is 12.4. The number of halogens is 1. The summed E-state index contributed by atoms with van der Waals surface area (Å²) in [6.45, 7) is 1.97. The number of likely N-dealkylation sites (N-methyl/N-ethyl adjacent to an activating group) is 1. The Hall–Kier alpha value is -2.79. The van der Waals surface area contributed by atoms with Crippen molar-refractivity contribution in [3.05, 3.63) is 70.8 Å². The minimum atomic E-state index is -0.704. The number of anilines is 1. The van der Waals surface area contributed by atoms with Crippen LogP contribution in [0.25, 0.3) is 6.08 Å². The Balaban J connectivity index is 1.58. The van der Waals surface area contributed by atoms with Gasteiger partial charge in [-0.2, -0.15) is 0 Å². The Bertz CT molecular complexity index is 887. The van der Waals surface area contributed by atoms with Gasteiger partial charge in [0.05, 0.1) is 5.92 Å². The van der Waals surface area contributed by atoms with Crippen LogP contribution in [0.5, 0.6) is 0 Å². The van der Waals surface area contributed by atoms with Crippen molar-refractivity contribution in [3.8, 4) is 0 Å². The number of carbonyl (C=O) groups is 2. The van der Waals surface area contributed by atoms with Gasteiger partial charge < -0.3 is 14.9 Å². The highest BCUT2D eigenvalue weighted by Crippen LogP contribution is 2.24. The Morgan fingerprint density at radius 1 is 1.17 bits per heavy atom. The molecule has 5 nitrogen and oxygen atoms in total. The molecule has 0 radical (unpaired) electrons. The van der Waals surface area contributed by atoms with Crippen molar-refractivity contribution in [3.63, 3.8) is 0 Å². The molecule has 1 aliphatic rings. The molecule has 2 aromatic carbocycles. The summed E-state index contributed by atoms with van der Waals surface area (Å²) in [7, 11) is 1.78. The van der Waals surface area contributed by atoms with Crippen LogP contribution >= 0.6 is 11.6 Å². The van der Waals surface area contributed by atoms with Gasteiger partial charge in [0, 0.05) is 43.5 Å². The van der Waals surface area contributed by atoms with E-state index in [0.29, 0.717) is 24.4 Å². The predicted molar refractivity (Wildman–Crippen MR) is 116 cm³/mol. The predicted octanol–water partition coefficient (Wildman–Crippen LogP) is 4.31. The summed E-state index contributed by atoms with van der Waals surface area (Å²) >= 11 is 5.88. The van der Waals surface area contributed by atoms with E-state index in [9.17, 15) is 9.59 Å². The van der Waals surface area contributed by atoms with Gasteiger partial charge in [-0.05, 0) is 54.3 Å². The molecular formula is C23H25ClN2O3. The molecule has 0 aliphatic carbocycles. The number of rotatable bonds is 6. The van der Waals surface area contributed by atoms with E-state index in [2.05, 4.69) is 11.0 Å². The molecule has 0 unspecified atom stereocenters. The maximum Gasteiger partial charge on any atom is 0.306 e. The van der Waals surface area contributed by atoms with Gasteiger partial charge in [-0.25, -0.2) is 0 Å². The first-order valence-corrected chi connectivity index (χ1v) is 10.1. The third kappa shape index (κ3) is 5.84. The van der Waals surface area contributed by atoms with Gasteiger partial charge in [-0.1, -0.05) is 35.9 Å². The van der Waals surface area contributed by atoms with Crippen LogP contribution in [0, 0.1) is 5.92 Å². The van der Waals surface area contributed by atoms with Crippen LogP contribution in [0.15, 0.2) is 54.6 Å². The molecule has 0 aromatic heterocycles. The molecule has 1 amide bonds. The number of hydrogen-bond acceptors (Lipinski definition) is 3. The lowest BCUT2D eigenvalue weighted by Crippen LogP contribution is -2.36. The monoisotopic (exact) mass is 412 g/mol. The highest BCUT2D eigenvalue weighted by Gasteiger charge is 2.24. The first-order chi connectivity index (χ1) is 13.9. The highest BCUT2D eigenvalue weighted by atomic mass is 35.5. The van der Waals surface area contributed by atoms with Crippen molar-refractivity contribution in [2.24, 2.45) is 5.92 Å². The highest BCUT2D eigenvalue weighted by molar-refractivity contribution is 6.30. The summed E-state index contributed by atoms with van der Waals surface area (Å²) in [5, 5.41) is 9.82. The van der Waals surface area contributed by atoms with Crippen LogP contribution < -0.4 is 4.90 Å². The first-order valence-electron chi connectivity index (χ1n) is 9.68. The van der Waals surface area contributed by atoms with Gasteiger partial charge in [0.1, 0.15) is 0 Å². The molecule has 2 aromatic rings. The normalized spacial score (nSPS) is 14.9. The van der Waals surface area contributed by atoms with Crippen molar-refractivity contribution in [2.45, 2.75) is 19.4 Å². The van der Waals surface area contributed by atoms with Crippen LogP contribution in [-0.4, -0.2) is 42.0 Å². The summed E-state index contributed by atoms with van der Waals surface area (Å²) < 4.78 is 0. The number of hydrogen-bond donors (Lipinski definition) is 1. The molecule has 3 rings (SSSR count). The summed E-state index contributed by atoms with van der Waals surface area (Å²) in [4.78, 5) is 27.4. The third-order valence-electron chi connectivity index (χ3n) is 5.20. The van der Waals surface area contributed by atoms with Crippen molar-refractivity contribution in [1.82, 2.24) is 4.90 Å². The van der Waals surface area contributed by atoms with Crippen LogP contribution in [0.3, 0.4) is 0 Å². The zero-order valence-electron chi connectivity index (χ0n) is 16.4. The zero-order valence-corrected chi connectivity index (χ0v) is 17.2. The molecule has 0 atom stereocenters. The van der Waals surface area contributed by atoms with Crippen molar-refractivity contribution in [1.29, 1.82) is 0 Å². The molecule has 1 fully saturated rings. The number of aliphatic carboxylic acids is 1. The molecule has 1 aliphatic heterocycles. The molecule has 0 spiro atoms. The Labute approximate surface area is 176 Å². The first kappa shape index (κ1) is 20.9. The number of piperidine rings is 1. The Morgan fingerprint density at radius 3 is 2.52 bits per heavy atom. The van der Waals surface area contributed by atoms with E-state index < -0.39 is 5.97 Å². The van der Waals surface area contributed by atoms with Gasteiger partial charge in [-0.3, -0.25) is 9.59 Å². The smallest absolute Gasteiger partial charge is 0.306 e. The van der Waals surface area contributed by atoms with E-state index in [1.54, 1.807) is 36.2 Å². The molecule has 152 valence electrons. The lowest BCUT2D eigenvalue weighted by molar-refractivity contribution is -0.142. The van der Waals surface area contributed by atoms with Gasteiger partial charge in [0.15, 0.2) is 0 Å². The molecular weight excluding hydrogens is 388 g/mol. The molecule has 29 heavy (non-hydrogen) atoms. The topological polar surface area (TPSA) is 60.9 Å². The average Bonchev–Trinajstić information content (AvgIpc) is 2.73. The second-order valence-corrected chi connectivity index (χ2v) is 7.79. The molecule has 6 heteroatoms. The van der Waals surface area contributed by atoms with Crippen LogP contribution in [-0.2, 0) is 16.1 Å². The molecule has 0 bridgehead atoms. The van der Waals surface area contributed by atoms with Crippen LogP contribution in [0.4, 0.5) is 5.69 Å². The fraction of sp³-hybridized carbons (Fsp3) is 0.304. The minimum Gasteiger partial charge on any atom is -0.481 e. The quantitative estimate of drug-likeness (QED) is 0.718. The summed E-state index contributed by atoms with van der Waals surface area (Å²) in [5.74, 6) is -1.02. The number of carbonyl (C=O) groups excluding carboxylic acids is 1. The Kier molecular flexibility index (Phi) is 6.94. The van der Waals surface area contributed by atoms with Crippen molar-refractivity contribution < 1.29 is 14.7 Å². The van der Waals surface area contributed by atoms with E-state index >= 15 is 0 Å². The number of carboxylic acid groups (broad SMARTS) is 1. The lowest BCUT2D eigenvalue weighted by Gasteiger charge is -2.32. The number of benzene rings is 2. The fourth-order valence-electron chi connectivity index (χ4n) is 3.46. The minimum absolute atomic E-state index is 0.0763. The Morgan fingerprint density at radius 2 is 1.86 bits per heavy atom. The number of nitrogens with zero attached hydrogens (tertiary/aromatic N) is 2. The standard InChI is InChI=1S/C23H25ClN2O3/c1-25(22(27)10-7-17-5-8-20(24)9-6-17)16-18-3-2-4-21(15-18)26-13-11-19(12-14-26)23(28)29/h2-10,15,19H,11-14,16H2,1H3,(H,28,29)/b10-7+. The van der Waals surface area contributed by atoms with Gasteiger partial charge in [0.25, 0.3) is 0 Å². The van der Waals surface area contributed by atoms with Gasteiger partial charge >= 0.3 is 5.97 Å². The lowest BCUT2D eigenvalue weighted by atomic mass is 9.96.